The average molecular weight is 394 g/mol. The van der Waals surface area contributed by atoms with E-state index in [4.69, 9.17) is 5.73 Å². The van der Waals surface area contributed by atoms with Crippen molar-refractivity contribution in [1.82, 2.24) is 9.97 Å². The molecule has 0 bridgehead atoms. The van der Waals surface area contributed by atoms with E-state index in [0.29, 0.717) is 5.03 Å². The van der Waals surface area contributed by atoms with Crippen molar-refractivity contribution in [3.05, 3.63) is 52.6 Å². The highest BCUT2D eigenvalue weighted by Crippen LogP contribution is 2.43. The van der Waals surface area contributed by atoms with Crippen LogP contribution in [0, 0.1) is 0 Å². The van der Waals surface area contributed by atoms with Gasteiger partial charge in [0.05, 0.1) is 16.4 Å². The summed E-state index contributed by atoms with van der Waals surface area (Å²) < 4.78 is 40.0. The van der Waals surface area contributed by atoms with Crippen LogP contribution in [-0.4, -0.2) is 15.9 Å². The standard InChI is InChI=1S/C18H17F3N4OS/c1-17(2,3)11-8-12(18(19,20)21)25-15(24-11)13(14(22)26)16-23-9-6-4-5-7-10(9)27-16/h4-8,23H,1-3H3,(H2,22,26). The molecule has 1 aliphatic heterocycles. The first-order valence-electron chi connectivity index (χ1n) is 8.02. The zero-order valence-electron chi connectivity index (χ0n) is 14.8. The number of fused-ring (bicyclic) bond motifs is 1. The lowest BCUT2D eigenvalue weighted by atomic mass is 9.91. The summed E-state index contributed by atoms with van der Waals surface area (Å²) in [6.45, 7) is 5.19. The predicted molar refractivity (Wildman–Crippen MR) is 97.8 cm³/mol. The van der Waals surface area contributed by atoms with Crippen LogP contribution in [0.2, 0.25) is 0 Å². The van der Waals surface area contributed by atoms with Gasteiger partial charge in [-0.25, -0.2) is 9.97 Å². The number of aromatic nitrogens is 2. The Morgan fingerprint density at radius 2 is 1.74 bits per heavy atom. The van der Waals surface area contributed by atoms with Crippen LogP contribution in [0.25, 0.3) is 5.57 Å². The molecule has 1 aromatic heterocycles. The highest BCUT2D eigenvalue weighted by molar-refractivity contribution is 8.04. The number of hydrogen-bond donors (Lipinski definition) is 2. The van der Waals surface area contributed by atoms with Gasteiger partial charge in [0.2, 0.25) is 0 Å². The Kier molecular flexibility index (Phi) is 4.67. The highest BCUT2D eigenvalue weighted by Gasteiger charge is 2.36. The molecule has 2 aromatic rings. The maximum absolute atomic E-state index is 13.3. The molecule has 3 N–H and O–H groups in total. The SMILES string of the molecule is CC(C)(C)c1cc(C(F)(F)F)nc(C(C(N)=O)=C2Nc3ccccc3S2)n1. The van der Waals surface area contributed by atoms with Gasteiger partial charge in [0.15, 0.2) is 5.82 Å². The third kappa shape index (κ3) is 3.92. The van der Waals surface area contributed by atoms with Crippen LogP contribution in [0.1, 0.15) is 38.0 Å². The molecule has 0 atom stereocenters. The van der Waals surface area contributed by atoms with Crippen LogP contribution in [0.4, 0.5) is 18.9 Å². The first kappa shape index (κ1) is 19.2. The molecule has 5 nitrogen and oxygen atoms in total. The smallest absolute Gasteiger partial charge is 0.365 e. The molecule has 2 heterocycles. The van der Waals surface area contributed by atoms with Crippen LogP contribution in [0.15, 0.2) is 40.3 Å². The first-order valence-corrected chi connectivity index (χ1v) is 8.83. The second-order valence-electron chi connectivity index (χ2n) is 7.00. The molecule has 0 saturated carbocycles. The lowest BCUT2D eigenvalue weighted by Crippen LogP contribution is -2.23. The predicted octanol–water partition coefficient (Wildman–Crippen LogP) is 4.16. The van der Waals surface area contributed by atoms with Gasteiger partial charge in [-0.3, -0.25) is 4.79 Å². The summed E-state index contributed by atoms with van der Waals surface area (Å²) in [5.74, 6) is -1.25. The molecule has 1 amide bonds. The Morgan fingerprint density at radius 1 is 1.11 bits per heavy atom. The molecule has 0 fully saturated rings. The zero-order chi connectivity index (χ0) is 20.0. The van der Waals surface area contributed by atoms with Crippen molar-refractivity contribution in [1.29, 1.82) is 0 Å². The van der Waals surface area contributed by atoms with E-state index in [1.165, 1.54) is 11.8 Å². The topological polar surface area (TPSA) is 80.9 Å². The molecule has 1 aromatic carbocycles. The number of hydrogen-bond acceptors (Lipinski definition) is 5. The van der Waals surface area contributed by atoms with Crippen molar-refractivity contribution in [3.63, 3.8) is 0 Å². The maximum Gasteiger partial charge on any atom is 0.433 e. The minimum absolute atomic E-state index is 0.166. The van der Waals surface area contributed by atoms with Crippen LogP contribution < -0.4 is 11.1 Å². The van der Waals surface area contributed by atoms with Crippen LogP contribution in [0.5, 0.6) is 0 Å². The number of rotatable bonds is 2. The summed E-state index contributed by atoms with van der Waals surface area (Å²) in [6, 6.07) is 8.14. The van der Waals surface area contributed by atoms with Crippen molar-refractivity contribution in [3.8, 4) is 0 Å². The number of carbonyl (C=O) groups is 1. The van der Waals surface area contributed by atoms with Crippen LogP contribution >= 0.6 is 11.8 Å². The van der Waals surface area contributed by atoms with Gasteiger partial charge in [0.25, 0.3) is 5.91 Å². The minimum Gasteiger partial charge on any atom is -0.365 e. The number of thioether (sulfide) groups is 1. The fourth-order valence-corrected chi connectivity index (χ4v) is 3.49. The van der Waals surface area contributed by atoms with Gasteiger partial charge in [0.1, 0.15) is 11.3 Å². The van der Waals surface area contributed by atoms with E-state index < -0.39 is 23.2 Å². The summed E-state index contributed by atoms with van der Waals surface area (Å²) in [7, 11) is 0. The van der Waals surface area contributed by atoms with Gasteiger partial charge < -0.3 is 11.1 Å². The Hall–Kier alpha value is -2.55. The number of nitrogens with one attached hydrogen (secondary N) is 1. The molecule has 0 unspecified atom stereocenters. The van der Waals surface area contributed by atoms with Crippen molar-refractivity contribution in [2.45, 2.75) is 37.3 Å². The molecule has 1 aliphatic rings. The van der Waals surface area contributed by atoms with E-state index >= 15 is 0 Å². The third-order valence-electron chi connectivity index (χ3n) is 3.83. The molecular weight excluding hydrogens is 377 g/mol. The molecular formula is C18H17F3N4OS. The molecule has 3 rings (SSSR count). The second kappa shape index (κ2) is 6.56. The number of nitrogens with two attached hydrogens (primary N) is 1. The van der Waals surface area contributed by atoms with E-state index in [2.05, 4.69) is 15.3 Å². The highest BCUT2D eigenvalue weighted by atomic mass is 32.2. The number of carbonyl (C=O) groups excluding carboxylic acids is 1. The first-order chi connectivity index (χ1) is 12.5. The van der Waals surface area contributed by atoms with Gasteiger partial charge in [0, 0.05) is 10.3 Å². The maximum atomic E-state index is 13.3. The molecule has 0 radical (unpaired) electrons. The fourth-order valence-electron chi connectivity index (χ4n) is 2.44. The van der Waals surface area contributed by atoms with E-state index in [0.717, 1.165) is 16.6 Å². The molecule has 0 saturated heterocycles. The average Bonchev–Trinajstić information content (AvgIpc) is 2.96. The molecule has 27 heavy (non-hydrogen) atoms. The van der Waals surface area contributed by atoms with E-state index in [9.17, 15) is 18.0 Å². The summed E-state index contributed by atoms with van der Waals surface area (Å²) in [5, 5.41) is 3.32. The molecule has 9 heteroatoms. The largest absolute Gasteiger partial charge is 0.433 e. The fraction of sp³-hybridized carbons (Fsp3) is 0.278. The number of primary amides is 1. The lowest BCUT2D eigenvalue weighted by Gasteiger charge is -2.20. The van der Waals surface area contributed by atoms with Crippen LogP contribution in [0.3, 0.4) is 0 Å². The van der Waals surface area contributed by atoms with Gasteiger partial charge in [-0.15, -0.1) is 0 Å². The Bertz CT molecular complexity index is 889. The second-order valence-corrected chi connectivity index (χ2v) is 8.05. The summed E-state index contributed by atoms with van der Waals surface area (Å²) >= 11 is 1.20. The number of alkyl halides is 3. The normalized spacial score (nSPS) is 15.9. The van der Waals surface area contributed by atoms with Crippen molar-refractivity contribution < 1.29 is 18.0 Å². The van der Waals surface area contributed by atoms with Crippen molar-refractivity contribution in [2.75, 3.05) is 5.32 Å². The van der Waals surface area contributed by atoms with E-state index in [-0.39, 0.29) is 17.1 Å². The third-order valence-corrected chi connectivity index (χ3v) is 4.92. The Morgan fingerprint density at radius 3 is 2.30 bits per heavy atom. The van der Waals surface area contributed by atoms with E-state index in [1.54, 1.807) is 32.9 Å². The quantitative estimate of drug-likeness (QED) is 0.748. The molecule has 0 spiro atoms. The molecule has 142 valence electrons. The number of nitrogens with zero attached hydrogens (tertiary/aromatic N) is 2. The number of para-hydroxylation sites is 1. The summed E-state index contributed by atoms with van der Waals surface area (Å²) in [6.07, 6.45) is -4.68. The Labute approximate surface area is 158 Å². The van der Waals surface area contributed by atoms with Crippen molar-refractivity contribution in [2.24, 2.45) is 5.73 Å². The minimum atomic E-state index is -4.68. The van der Waals surface area contributed by atoms with Gasteiger partial charge in [-0.2, -0.15) is 13.2 Å². The number of anilines is 1. The van der Waals surface area contributed by atoms with Gasteiger partial charge >= 0.3 is 6.18 Å². The number of amides is 1. The van der Waals surface area contributed by atoms with Crippen molar-refractivity contribution >= 4 is 28.9 Å². The van der Waals surface area contributed by atoms with Gasteiger partial charge in [-0.1, -0.05) is 44.7 Å². The summed E-state index contributed by atoms with van der Waals surface area (Å²) in [4.78, 5) is 20.8. The number of benzene rings is 1. The summed E-state index contributed by atoms with van der Waals surface area (Å²) in [5.41, 5.74) is 4.43. The number of halogens is 3. The molecule has 0 aliphatic carbocycles. The monoisotopic (exact) mass is 394 g/mol. The Balaban J connectivity index is 2.20. The van der Waals surface area contributed by atoms with Crippen LogP contribution in [-0.2, 0) is 16.4 Å². The van der Waals surface area contributed by atoms with Gasteiger partial charge in [-0.05, 0) is 18.2 Å². The van der Waals surface area contributed by atoms with E-state index in [1.807, 2.05) is 12.1 Å². The lowest BCUT2D eigenvalue weighted by molar-refractivity contribution is -0.141. The zero-order valence-corrected chi connectivity index (χ0v) is 15.6.